The van der Waals surface area contributed by atoms with Crippen molar-refractivity contribution in [3.63, 3.8) is 0 Å². The largest absolute Gasteiger partial charge is 0.296 e. The number of sulfone groups is 1. The van der Waals surface area contributed by atoms with Crippen molar-refractivity contribution in [3.8, 4) is 0 Å². The van der Waals surface area contributed by atoms with E-state index in [1.165, 1.54) is 25.5 Å². The molecule has 1 aliphatic rings. The number of nitrogens with zero attached hydrogens (tertiary/aromatic N) is 2. The highest BCUT2D eigenvalue weighted by Gasteiger charge is 2.21. The summed E-state index contributed by atoms with van der Waals surface area (Å²) in [4.78, 5) is 7.59. The van der Waals surface area contributed by atoms with E-state index < -0.39 is 9.84 Å². The summed E-state index contributed by atoms with van der Waals surface area (Å²) >= 11 is 0. The summed E-state index contributed by atoms with van der Waals surface area (Å²) in [5.41, 5.74) is 2.05. The van der Waals surface area contributed by atoms with Crippen molar-refractivity contribution in [1.29, 1.82) is 0 Å². The van der Waals surface area contributed by atoms with Gasteiger partial charge in [-0.05, 0) is 50.1 Å². The van der Waals surface area contributed by atoms with E-state index >= 15 is 0 Å². The molecule has 0 N–H and O–H groups in total. The van der Waals surface area contributed by atoms with E-state index in [2.05, 4.69) is 22.9 Å². The molecule has 1 atom stereocenters. The second kappa shape index (κ2) is 7.41. The second-order valence-electron chi connectivity index (χ2n) is 7.29. The van der Waals surface area contributed by atoms with Gasteiger partial charge >= 0.3 is 0 Å². The zero-order valence-corrected chi connectivity index (χ0v) is 16.3. The molecule has 5 heteroatoms. The van der Waals surface area contributed by atoms with Crippen LogP contribution in [0.15, 0.2) is 70.6 Å². The average Bonchev–Trinajstić information content (AvgIpc) is 2.70. The Kier molecular flexibility index (Phi) is 4.98. The van der Waals surface area contributed by atoms with Gasteiger partial charge in [0, 0.05) is 24.2 Å². The van der Waals surface area contributed by atoms with Crippen LogP contribution in [-0.2, 0) is 16.4 Å². The van der Waals surface area contributed by atoms with Crippen LogP contribution in [0.4, 0.5) is 0 Å². The molecule has 0 spiro atoms. The van der Waals surface area contributed by atoms with Crippen molar-refractivity contribution in [1.82, 2.24) is 9.88 Å². The number of para-hydroxylation sites is 1. The molecule has 4 rings (SSSR count). The van der Waals surface area contributed by atoms with E-state index in [-0.39, 0.29) is 4.90 Å². The van der Waals surface area contributed by atoms with Crippen LogP contribution in [0.1, 0.15) is 31.7 Å². The van der Waals surface area contributed by atoms with Gasteiger partial charge in [0.05, 0.1) is 15.3 Å². The Labute approximate surface area is 160 Å². The van der Waals surface area contributed by atoms with Gasteiger partial charge in [0.25, 0.3) is 0 Å². The highest BCUT2D eigenvalue weighted by atomic mass is 32.2. The van der Waals surface area contributed by atoms with E-state index in [0.717, 1.165) is 29.6 Å². The van der Waals surface area contributed by atoms with Crippen molar-refractivity contribution in [2.45, 2.75) is 48.6 Å². The van der Waals surface area contributed by atoms with Gasteiger partial charge in [-0.15, -0.1) is 0 Å². The molecule has 3 aromatic rings. The first-order valence-corrected chi connectivity index (χ1v) is 11.0. The van der Waals surface area contributed by atoms with Crippen LogP contribution in [0.25, 0.3) is 10.9 Å². The first kappa shape index (κ1) is 18.1. The van der Waals surface area contributed by atoms with Crippen LogP contribution in [0.2, 0.25) is 0 Å². The van der Waals surface area contributed by atoms with Crippen LogP contribution in [0, 0.1) is 0 Å². The summed E-state index contributed by atoms with van der Waals surface area (Å²) in [6.45, 7) is 4.25. The molecular formula is C22H24N2O2S. The minimum atomic E-state index is -3.55. The average molecular weight is 381 g/mol. The minimum Gasteiger partial charge on any atom is -0.296 e. The number of benzene rings is 2. The van der Waals surface area contributed by atoms with Gasteiger partial charge in [0.2, 0.25) is 9.84 Å². The number of rotatable bonds is 4. The third-order valence-electron chi connectivity index (χ3n) is 5.45. The summed E-state index contributed by atoms with van der Waals surface area (Å²) < 4.78 is 25.7. The van der Waals surface area contributed by atoms with Gasteiger partial charge in [-0.2, -0.15) is 0 Å². The van der Waals surface area contributed by atoms with Crippen molar-refractivity contribution in [3.05, 3.63) is 66.4 Å². The molecule has 27 heavy (non-hydrogen) atoms. The molecule has 0 bridgehead atoms. The van der Waals surface area contributed by atoms with Crippen molar-refractivity contribution >= 4 is 20.7 Å². The standard InChI is InChI=1S/C22H24N2O2S/c1-17-8-5-6-13-24(17)16-19-10-7-9-18-14-21(15-23-22(18)19)27(25,26)20-11-3-2-4-12-20/h2-4,7,9-12,14-15,17H,5-6,8,13,16H2,1H3. The fourth-order valence-corrected chi connectivity index (χ4v) is 5.09. The summed E-state index contributed by atoms with van der Waals surface area (Å²) in [5.74, 6) is 0. The molecule has 1 saturated heterocycles. The summed E-state index contributed by atoms with van der Waals surface area (Å²) in [6, 6.07) is 16.9. The van der Waals surface area contributed by atoms with E-state index in [4.69, 9.17) is 0 Å². The lowest BCUT2D eigenvalue weighted by Gasteiger charge is -2.33. The molecule has 0 amide bonds. The van der Waals surface area contributed by atoms with Gasteiger partial charge in [0.15, 0.2) is 0 Å². The zero-order valence-electron chi connectivity index (χ0n) is 15.5. The van der Waals surface area contributed by atoms with Gasteiger partial charge < -0.3 is 0 Å². The molecule has 1 fully saturated rings. The van der Waals surface area contributed by atoms with Gasteiger partial charge in [-0.25, -0.2) is 8.42 Å². The van der Waals surface area contributed by atoms with E-state index in [1.807, 2.05) is 18.2 Å². The van der Waals surface area contributed by atoms with Crippen molar-refractivity contribution in [2.75, 3.05) is 6.54 Å². The second-order valence-corrected chi connectivity index (χ2v) is 9.24. The van der Waals surface area contributed by atoms with E-state index in [0.29, 0.717) is 10.9 Å². The lowest BCUT2D eigenvalue weighted by atomic mass is 10.0. The predicted molar refractivity (Wildman–Crippen MR) is 107 cm³/mol. The fraction of sp³-hybridized carbons (Fsp3) is 0.318. The maximum Gasteiger partial charge on any atom is 0.208 e. The number of hydrogen-bond donors (Lipinski definition) is 0. The highest BCUT2D eigenvalue weighted by Crippen LogP contribution is 2.26. The third kappa shape index (κ3) is 3.62. The van der Waals surface area contributed by atoms with Crippen LogP contribution in [0.3, 0.4) is 0 Å². The SMILES string of the molecule is CC1CCCCN1Cc1cccc2cc(S(=O)(=O)c3ccccc3)cnc12. The number of pyridine rings is 1. The van der Waals surface area contributed by atoms with Crippen LogP contribution >= 0.6 is 0 Å². The summed E-state index contributed by atoms with van der Waals surface area (Å²) in [6.07, 6.45) is 5.26. The van der Waals surface area contributed by atoms with Gasteiger partial charge in [-0.1, -0.05) is 42.8 Å². The Balaban J connectivity index is 1.70. The Morgan fingerprint density at radius 3 is 2.63 bits per heavy atom. The molecule has 140 valence electrons. The lowest BCUT2D eigenvalue weighted by molar-refractivity contribution is 0.153. The molecular weight excluding hydrogens is 356 g/mol. The number of piperidine rings is 1. The summed E-state index contributed by atoms with van der Waals surface area (Å²) in [7, 11) is -3.55. The molecule has 1 aliphatic heterocycles. The molecule has 2 aromatic carbocycles. The number of hydrogen-bond acceptors (Lipinski definition) is 4. The van der Waals surface area contributed by atoms with Crippen molar-refractivity contribution in [2.24, 2.45) is 0 Å². The van der Waals surface area contributed by atoms with E-state index in [1.54, 1.807) is 30.3 Å². The van der Waals surface area contributed by atoms with Gasteiger partial charge in [0.1, 0.15) is 0 Å². The fourth-order valence-electron chi connectivity index (χ4n) is 3.83. The summed E-state index contributed by atoms with van der Waals surface area (Å²) in [5, 5.41) is 0.870. The Hall–Kier alpha value is -2.24. The monoisotopic (exact) mass is 380 g/mol. The Morgan fingerprint density at radius 2 is 1.85 bits per heavy atom. The quantitative estimate of drug-likeness (QED) is 0.671. The number of fused-ring (bicyclic) bond motifs is 1. The lowest BCUT2D eigenvalue weighted by Crippen LogP contribution is -2.36. The first-order valence-electron chi connectivity index (χ1n) is 9.47. The third-order valence-corrected chi connectivity index (χ3v) is 7.18. The molecule has 0 radical (unpaired) electrons. The topological polar surface area (TPSA) is 50.3 Å². The molecule has 1 unspecified atom stereocenters. The maximum atomic E-state index is 12.9. The highest BCUT2D eigenvalue weighted by molar-refractivity contribution is 7.91. The van der Waals surface area contributed by atoms with Crippen LogP contribution < -0.4 is 0 Å². The Bertz CT molecular complexity index is 1050. The number of aromatic nitrogens is 1. The maximum absolute atomic E-state index is 12.9. The molecule has 1 aromatic heterocycles. The van der Waals surface area contributed by atoms with E-state index in [9.17, 15) is 8.42 Å². The zero-order chi connectivity index (χ0) is 18.9. The van der Waals surface area contributed by atoms with Crippen LogP contribution in [0.5, 0.6) is 0 Å². The van der Waals surface area contributed by atoms with Crippen molar-refractivity contribution < 1.29 is 8.42 Å². The normalized spacial score (nSPS) is 18.6. The van der Waals surface area contributed by atoms with Crippen LogP contribution in [-0.4, -0.2) is 30.9 Å². The minimum absolute atomic E-state index is 0.240. The smallest absolute Gasteiger partial charge is 0.208 e. The molecule has 0 saturated carbocycles. The molecule has 2 heterocycles. The van der Waals surface area contributed by atoms with Gasteiger partial charge in [-0.3, -0.25) is 9.88 Å². The number of likely N-dealkylation sites (tertiary alicyclic amines) is 1. The first-order chi connectivity index (χ1) is 13.1. The Morgan fingerprint density at radius 1 is 1.04 bits per heavy atom. The molecule has 0 aliphatic carbocycles. The predicted octanol–water partition coefficient (Wildman–Crippen LogP) is 4.44. The molecule has 4 nitrogen and oxygen atoms in total.